The van der Waals surface area contributed by atoms with Crippen LogP contribution in [0.4, 0.5) is 0 Å². The number of nitrogens with one attached hydrogen (secondary N) is 1. The first-order valence-electron chi connectivity index (χ1n) is 8.64. The van der Waals surface area contributed by atoms with Crippen molar-refractivity contribution in [2.45, 2.75) is 44.8 Å². The Balaban J connectivity index is 1.46. The maximum atomic E-state index is 5.96. The molecule has 0 aliphatic carbocycles. The van der Waals surface area contributed by atoms with Crippen LogP contribution in [0.25, 0.3) is 0 Å². The van der Waals surface area contributed by atoms with E-state index in [1.807, 2.05) is 17.9 Å². The summed E-state index contributed by atoms with van der Waals surface area (Å²) < 4.78 is 13.3. The van der Waals surface area contributed by atoms with E-state index in [0.717, 1.165) is 38.7 Å². The van der Waals surface area contributed by atoms with Crippen LogP contribution in [0.15, 0.2) is 12.3 Å². The summed E-state index contributed by atoms with van der Waals surface area (Å²) in [5, 5.41) is 8.01. The second kappa shape index (κ2) is 7.57. The number of aryl methyl sites for hydroxylation is 1. The molecule has 22 heavy (non-hydrogen) atoms. The Labute approximate surface area is 133 Å². The summed E-state index contributed by atoms with van der Waals surface area (Å²) in [6, 6.07) is 2.64. The third-order valence-electron chi connectivity index (χ3n) is 5.12. The molecular weight excluding hydrogens is 278 g/mol. The lowest BCUT2D eigenvalue weighted by Gasteiger charge is -2.27. The fraction of sp³-hybridized carbons (Fsp3) is 0.824. The van der Waals surface area contributed by atoms with Gasteiger partial charge in [-0.3, -0.25) is 4.68 Å². The van der Waals surface area contributed by atoms with Crippen LogP contribution in [0.3, 0.4) is 0 Å². The summed E-state index contributed by atoms with van der Waals surface area (Å²) in [6.07, 6.45) is 6.87. The van der Waals surface area contributed by atoms with Gasteiger partial charge in [-0.1, -0.05) is 0 Å². The smallest absolute Gasteiger partial charge is 0.103 e. The highest BCUT2D eigenvalue weighted by Crippen LogP contribution is 2.33. The van der Waals surface area contributed by atoms with Crippen LogP contribution in [0.2, 0.25) is 0 Å². The molecule has 5 heteroatoms. The Morgan fingerprint density at radius 3 is 2.86 bits per heavy atom. The first-order chi connectivity index (χ1) is 10.7. The Hall–Kier alpha value is -0.910. The van der Waals surface area contributed by atoms with E-state index < -0.39 is 0 Å². The number of hydrogen-bond donors (Lipinski definition) is 1. The third kappa shape index (κ3) is 3.89. The second-order valence-corrected chi connectivity index (χ2v) is 6.82. The van der Waals surface area contributed by atoms with Gasteiger partial charge in [0.2, 0.25) is 0 Å². The molecule has 1 aromatic heterocycles. The van der Waals surface area contributed by atoms with Crippen LogP contribution in [-0.4, -0.2) is 42.2 Å². The molecule has 3 rings (SSSR count). The first-order valence-corrected chi connectivity index (χ1v) is 8.64. The Bertz CT molecular complexity index is 457. The maximum absolute atomic E-state index is 5.96. The largest absolute Gasteiger partial charge is 0.381 e. The molecular formula is C17H29N3O2. The van der Waals surface area contributed by atoms with E-state index in [9.17, 15) is 0 Å². The SMILES string of the molecule is C[C@H](CC1CCOCC1)NC[C@@H]1CCO[C@H]1c1ccnn1C. The molecule has 2 fully saturated rings. The van der Waals surface area contributed by atoms with Crippen LogP contribution in [0.5, 0.6) is 0 Å². The van der Waals surface area contributed by atoms with Crippen molar-refractivity contribution >= 4 is 0 Å². The zero-order valence-electron chi connectivity index (χ0n) is 13.8. The molecule has 5 nitrogen and oxygen atoms in total. The maximum Gasteiger partial charge on any atom is 0.103 e. The van der Waals surface area contributed by atoms with Crippen LogP contribution in [0, 0.1) is 11.8 Å². The molecule has 3 heterocycles. The van der Waals surface area contributed by atoms with Crippen LogP contribution >= 0.6 is 0 Å². The topological polar surface area (TPSA) is 48.3 Å². The van der Waals surface area contributed by atoms with Crippen molar-refractivity contribution < 1.29 is 9.47 Å². The molecule has 0 spiro atoms. The molecule has 2 saturated heterocycles. The summed E-state index contributed by atoms with van der Waals surface area (Å²) in [6.45, 7) is 6.08. The van der Waals surface area contributed by atoms with E-state index in [4.69, 9.17) is 9.47 Å². The zero-order chi connectivity index (χ0) is 15.4. The van der Waals surface area contributed by atoms with Gasteiger partial charge in [-0.05, 0) is 44.6 Å². The number of rotatable bonds is 6. The highest BCUT2D eigenvalue weighted by atomic mass is 16.5. The lowest BCUT2D eigenvalue weighted by Crippen LogP contribution is -2.34. The van der Waals surface area contributed by atoms with Crippen molar-refractivity contribution in [2.75, 3.05) is 26.4 Å². The van der Waals surface area contributed by atoms with Gasteiger partial charge in [0, 0.05) is 51.6 Å². The number of nitrogens with zero attached hydrogens (tertiary/aromatic N) is 2. The molecule has 0 saturated carbocycles. The van der Waals surface area contributed by atoms with E-state index in [1.165, 1.54) is 25.0 Å². The normalized spacial score (nSPS) is 28.1. The molecule has 1 aromatic rings. The van der Waals surface area contributed by atoms with E-state index >= 15 is 0 Å². The van der Waals surface area contributed by atoms with Gasteiger partial charge in [-0.2, -0.15) is 5.10 Å². The molecule has 2 aliphatic rings. The lowest BCUT2D eigenvalue weighted by atomic mass is 9.92. The number of hydrogen-bond acceptors (Lipinski definition) is 4. The van der Waals surface area contributed by atoms with Gasteiger partial charge >= 0.3 is 0 Å². The van der Waals surface area contributed by atoms with Crippen molar-refractivity contribution in [2.24, 2.45) is 18.9 Å². The van der Waals surface area contributed by atoms with Gasteiger partial charge in [0.1, 0.15) is 6.10 Å². The minimum atomic E-state index is 0.190. The van der Waals surface area contributed by atoms with E-state index in [0.29, 0.717) is 12.0 Å². The van der Waals surface area contributed by atoms with E-state index in [2.05, 4.69) is 23.4 Å². The quantitative estimate of drug-likeness (QED) is 0.876. The van der Waals surface area contributed by atoms with Gasteiger partial charge in [-0.15, -0.1) is 0 Å². The molecule has 0 unspecified atom stereocenters. The number of ether oxygens (including phenoxy) is 2. The highest BCUT2D eigenvalue weighted by molar-refractivity contribution is 5.07. The lowest BCUT2D eigenvalue weighted by molar-refractivity contribution is 0.0602. The summed E-state index contributed by atoms with van der Waals surface area (Å²) in [4.78, 5) is 0. The van der Waals surface area contributed by atoms with Gasteiger partial charge in [0.25, 0.3) is 0 Å². The minimum absolute atomic E-state index is 0.190. The van der Waals surface area contributed by atoms with Crippen LogP contribution in [-0.2, 0) is 16.5 Å². The molecule has 124 valence electrons. The predicted molar refractivity (Wildman–Crippen MR) is 85.6 cm³/mol. The third-order valence-corrected chi connectivity index (χ3v) is 5.12. The van der Waals surface area contributed by atoms with Crippen molar-refractivity contribution in [3.63, 3.8) is 0 Å². The van der Waals surface area contributed by atoms with Crippen LogP contribution < -0.4 is 5.32 Å². The average Bonchev–Trinajstić information content (AvgIpc) is 3.14. The van der Waals surface area contributed by atoms with E-state index in [1.54, 1.807) is 0 Å². The molecule has 0 radical (unpaired) electrons. The monoisotopic (exact) mass is 307 g/mol. The molecule has 2 aliphatic heterocycles. The number of aromatic nitrogens is 2. The first kappa shape index (κ1) is 16.0. The van der Waals surface area contributed by atoms with E-state index in [-0.39, 0.29) is 6.10 Å². The summed E-state index contributed by atoms with van der Waals surface area (Å²) in [5.74, 6) is 1.37. The van der Waals surface area contributed by atoms with Gasteiger partial charge in [-0.25, -0.2) is 0 Å². The van der Waals surface area contributed by atoms with Crippen molar-refractivity contribution in [3.05, 3.63) is 18.0 Å². The summed E-state index contributed by atoms with van der Waals surface area (Å²) >= 11 is 0. The Morgan fingerprint density at radius 2 is 2.14 bits per heavy atom. The summed E-state index contributed by atoms with van der Waals surface area (Å²) in [7, 11) is 2.00. The second-order valence-electron chi connectivity index (χ2n) is 6.82. The van der Waals surface area contributed by atoms with Crippen LogP contribution in [0.1, 0.15) is 44.4 Å². The fourth-order valence-corrected chi connectivity index (χ4v) is 3.75. The molecule has 0 amide bonds. The Kier molecular flexibility index (Phi) is 5.50. The van der Waals surface area contributed by atoms with Crippen molar-refractivity contribution in [1.82, 2.24) is 15.1 Å². The fourth-order valence-electron chi connectivity index (χ4n) is 3.75. The average molecular weight is 307 g/mol. The zero-order valence-corrected chi connectivity index (χ0v) is 13.8. The minimum Gasteiger partial charge on any atom is -0.381 e. The van der Waals surface area contributed by atoms with Gasteiger partial charge in [0.05, 0.1) is 5.69 Å². The van der Waals surface area contributed by atoms with Gasteiger partial charge < -0.3 is 14.8 Å². The predicted octanol–water partition coefficient (Wildman–Crippen LogP) is 2.29. The molecule has 1 N–H and O–H groups in total. The van der Waals surface area contributed by atoms with Crippen molar-refractivity contribution in [3.8, 4) is 0 Å². The summed E-state index contributed by atoms with van der Waals surface area (Å²) in [5.41, 5.74) is 1.20. The molecule has 3 atom stereocenters. The molecule has 0 bridgehead atoms. The molecule has 0 aromatic carbocycles. The standard InChI is InChI=1S/C17H29N3O2/c1-13(11-14-4-8-21-9-5-14)18-12-15-6-10-22-17(15)16-3-7-19-20(16)2/h3,7,13-15,17-18H,4-6,8-12H2,1-2H3/t13-,15+,17-/m1/s1. The Morgan fingerprint density at radius 1 is 1.32 bits per heavy atom. The van der Waals surface area contributed by atoms with Gasteiger partial charge in [0.15, 0.2) is 0 Å². The highest BCUT2D eigenvalue weighted by Gasteiger charge is 2.31. The van der Waals surface area contributed by atoms with Crippen molar-refractivity contribution in [1.29, 1.82) is 0 Å².